The van der Waals surface area contributed by atoms with E-state index in [9.17, 15) is 4.79 Å². The Labute approximate surface area is 114 Å². The number of ether oxygens (including phenoxy) is 2. The maximum atomic E-state index is 12.0. The van der Waals surface area contributed by atoms with Crippen LogP contribution in [-0.4, -0.2) is 25.2 Å². The van der Waals surface area contributed by atoms with Crippen molar-refractivity contribution in [2.45, 2.75) is 38.7 Å². The zero-order valence-electron chi connectivity index (χ0n) is 11.4. The molecule has 0 radical (unpaired) electrons. The Kier molecular flexibility index (Phi) is 5.21. The smallest absolute Gasteiger partial charge is 0.227 e. The quantitative estimate of drug-likeness (QED) is 0.888. The molecule has 1 aromatic rings. The van der Waals surface area contributed by atoms with Crippen LogP contribution in [-0.2, 0) is 9.53 Å². The summed E-state index contributed by atoms with van der Waals surface area (Å²) in [5.74, 6) is 0.696. The van der Waals surface area contributed by atoms with Crippen LogP contribution in [0.4, 0.5) is 5.69 Å². The summed E-state index contributed by atoms with van der Waals surface area (Å²) in [7, 11) is 0. The highest BCUT2D eigenvalue weighted by Gasteiger charge is 2.18. The molecule has 4 heteroatoms. The lowest BCUT2D eigenvalue weighted by Crippen LogP contribution is -2.25. The van der Waals surface area contributed by atoms with Gasteiger partial charge in [0.1, 0.15) is 5.75 Å². The van der Waals surface area contributed by atoms with E-state index >= 15 is 0 Å². The van der Waals surface area contributed by atoms with Crippen molar-refractivity contribution in [2.75, 3.05) is 18.5 Å². The fourth-order valence-corrected chi connectivity index (χ4v) is 2.23. The van der Waals surface area contributed by atoms with Crippen molar-refractivity contribution >= 4 is 11.6 Å². The molecule has 2 rings (SSSR count). The summed E-state index contributed by atoms with van der Waals surface area (Å²) in [5, 5.41) is 2.90. The van der Waals surface area contributed by atoms with Gasteiger partial charge in [-0.1, -0.05) is 12.1 Å². The SMILES string of the molecule is CCOc1ccccc1NC(=O)CC1CCCCO1. The van der Waals surface area contributed by atoms with Gasteiger partial charge in [0.2, 0.25) is 5.91 Å². The fourth-order valence-electron chi connectivity index (χ4n) is 2.23. The average Bonchev–Trinajstić information content (AvgIpc) is 2.42. The summed E-state index contributed by atoms with van der Waals surface area (Å²) in [6.07, 6.45) is 3.70. The molecule has 1 N–H and O–H groups in total. The number of hydrogen-bond acceptors (Lipinski definition) is 3. The standard InChI is InChI=1S/C15H21NO3/c1-2-18-14-9-4-3-8-13(14)16-15(17)11-12-7-5-6-10-19-12/h3-4,8-9,12H,2,5-7,10-11H2,1H3,(H,16,17). The van der Waals surface area contributed by atoms with Crippen LogP contribution in [0, 0.1) is 0 Å². The van der Waals surface area contributed by atoms with E-state index < -0.39 is 0 Å². The molecule has 0 spiro atoms. The molecule has 0 aromatic heterocycles. The highest BCUT2D eigenvalue weighted by molar-refractivity contribution is 5.92. The Morgan fingerprint density at radius 1 is 1.42 bits per heavy atom. The summed E-state index contributed by atoms with van der Waals surface area (Å²) in [6.45, 7) is 3.28. The zero-order chi connectivity index (χ0) is 13.5. The van der Waals surface area contributed by atoms with Gasteiger partial charge in [0, 0.05) is 6.61 Å². The first-order valence-corrected chi connectivity index (χ1v) is 6.93. The minimum absolute atomic E-state index is 0.0148. The second-order valence-electron chi connectivity index (χ2n) is 4.67. The maximum Gasteiger partial charge on any atom is 0.227 e. The van der Waals surface area contributed by atoms with Gasteiger partial charge in [-0.25, -0.2) is 0 Å². The number of para-hydroxylation sites is 2. The number of rotatable bonds is 5. The highest BCUT2D eigenvalue weighted by Crippen LogP contribution is 2.24. The second-order valence-corrected chi connectivity index (χ2v) is 4.67. The first-order valence-electron chi connectivity index (χ1n) is 6.93. The lowest BCUT2D eigenvalue weighted by molar-refractivity contribution is -0.119. The van der Waals surface area contributed by atoms with Crippen molar-refractivity contribution in [3.05, 3.63) is 24.3 Å². The van der Waals surface area contributed by atoms with Gasteiger partial charge in [0.15, 0.2) is 0 Å². The van der Waals surface area contributed by atoms with Crippen molar-refractivity contribution in [2.24, 2.45) is 0 Å². The summed E-state index contributed by atoms with van der Waals surface area (Å²) in [6, 6.07) is 7.49. The van der Waals surface area contributed by atoms with E-state index in [1.54, 1.807) is 0 Å². The molecule has 19 heavy (non-hydrogen) atoms. The summed E-state index contributed by atoms with van der Waals surface area (Å²) in [4.78, 5) is 12.0. The largest absolute Gasteiger partial charge is 0.492 e. The summed E-state index contributed by atoms with van der Waals surface area (Å²) in [5.41, 5.74) is 0.727. The first-order chi connectivity index (χ1) is 9.29. The van der Waals surface area contributed by atoms with E-state index in [0.717, 1.165) is 31.6 Å². The third-order valence-corrected chi connectivity index (χ3v) is 3.15. The zero-order valence-corrected chi connectivity index (χ0v) is 11.4. The van der Waals surface area contributed by atoms with Gasteiger partial charge in [-0.15, -0.1) is 0 Å². The first kappa shape index (κ1) is 13.9. The predicted octanol–water partition coefficient (Wildman–Crippen LogP) is 2.98. The van der Waals surface area contributed by atoms with E-state index in [2.05, 4.69) is 5.32 Å². The molecular weight excluding hydrogens is 242 g/mol. The molecule has 1 heterocycles. The van der Waals surface area contributed by atoms with Crippen molar-refractivity contribution < 1.29 is 14.3 Å². The molecule has 1 aromatic carbocycles. The molecule has 0 saturated carbocycles. The predicted molar refractivity (Wildman–Crippen MR) is 74.4 cm³/mol. The highest BCUT2D eigenvalue weighted by atomic mass is 16.5. The number of anilines is 1. The topological polar surface area (TPSA) is 47.6 Å². The van der Waals surface area contributed by atoms with Crippen LogP contribution in [0.1, 0.15) is 32.6 Å². The van der Waals surface area contributed by atoms with Gasteiger partial charge in [-0.2, -0.15) is 0 Å². The molecule has 1 aliphatic heterocycles. The Morgan fingerprint density at radius 2 is 2.26 bits per heavy atom. The van der Waals surface area contributed by atoms with Crippen LogP contribution in [0.25, 0.3) is 0 Å². The Bertz CT molecular complexity index is 414. The third kappa shape index (κ3) is 4.24. The molecule has 1 atom stereocenters. The number of amides is 1. The number of carbonyl (C=O) groups is 1. The van der Waals surface area contributed by atoms with E-state index in [1.807, 2.05) is 31.2 Å². The lowest BCUT2D eigenvalue weighted by atomic mass is 10.1. The number of benzene rings is 1. The summed E-state index contributed by atoms with van der Waals surface area (Å²) < 4.78 is 11.1. The van der Waals surface area contributed by atoms with Crippen LogP contribution < -0.4 is 10.1 Å². The number of hydrogen-bond donors (Lipinski definition) is 1. The Hall–Kier alpha value is -1.55. The van der Waals surface area contributed by atoms with Crippen molar-refractivity contribution in [3.8, 4) is 5.75 Å². The second kappa shape index (κ2) is 7.14. The minimum atomic E-state index is -0.0148. The Morgan fingerprint density at radius 3 is 3.00 bits per heavy atom. The molecule has 1 amide bonds. The summed E-state index contributed by atoms with van der Waals surface area (Å²) >= 11 is 0. The van der Waals surface area contributed by atoms with Gasteiger partial charge in [-0.3, -0.25) is 4.79 Å². The number of carbonyl (C=O) groups excluding carboxylic acids is 1. The van der Waals surface area contributed by atoms with Gasteiger partial charge < -0.3 is 14.8 Å². The normalized spacial score (nSPS) is 18.9. The molecule has 1 aliphatic rings. The third-order valence-electron chi connectivity index (χ3n) is 3.15. The molecule has 0 aliphatic carbocycles. The van der Waals surface area contributed by atoms with Crippen LogP contribution in [0.2, 0.25) is 0 Å². The minimum Gasteiger partial charge on any atom is -0.492 e. The van der Waals surface area contributed by atoms with E-state index in [1.165, 1.54) is 0 Å². The van der Waals surface area contributed by atoms with Crippen LogP contribution >= 0.6 is 0 Å². The van der Waals surface area contributed by atoms with E-state index in [0.29, 0.717) is 18.8 Å². The molecule has 1 fully saturated rings. The monoisotopic (exact) mass is 263 g/mol. The Balaban J connectivity index is 1.90. The maximum absolute atomic E-state index is 12.0. The molecule has 4 nitrogen and oxygen atoms in total. The van der Waals surface area contributed by atoms with Gasteiger partial charge in [0.25, 0.3) is 0 Å². The van der Waals surface area contributed by atoms with Crippen molar-refractivity contribution in [1.29, 1.82) is 0 Å². The van der Waals surface area contributed by atoms with Crippen LogP contribution in [0.15, 0.2) is 24.3 Å². The van der Waals surface area contributed by atoms with Crippen LogP contribution in [0.3, 0.4) is 0 Å². The average molecular weight is 263 g/mol. The van der Waals surface area contributed by atoms with Crippen LogP contribution in [0.5, 0.6) is 5.75 Å². The van der Waals surface area contributed by atoms with Gasteiger partial charge in [0.05, 0.1) is 24.8 Å². The van der Waals surface area contributed by atoms with Gasteiger partial charge in [-0.05, 0) is 38.3 Å². The molecule has 1 unspecified atom stereocenters. The number of nitrogens with one attached hydrogen (secondary N) is 1. The van der Waals surface area contributed by atoms with Gasteiger partial charge >= 0.3 is 0 Å². The van der Waals surface area contributed by atoms with E-state index in [4.69, 9.17) is 9.47 Å². The molecule has 1 saturated heterocycles. The molecular formula is C15H21NO3. The molecule has 0 bridgehead atoms. The fraction of sp³-hybridized carbons (Fsp3) is 0.533. The molecule has 104 valence electrons. The van der Waals surface area contributed by atoms with Crippen molar-refractivity contribution in [3.63, 3.8) is 0 Å². The lowest BCUT2D eigenvalue weighted by Gasteiger charge is -2.22. The van der Waals surface area contributed by atoms with Crippen molar-refractivity contribution in [1.82, 2.24) is 0 Å². The van der Waals surface area contributed by atoms with E-state index in [-0.39, 0.29) is 12.0 Å².